The summed E-state index contributed by atoms with van der Waals surface area (Å²) in [6, 6.07) is 6.19. The molecule has 1 rings (SSSR count). The van der Waals surface area contributed by atoms with Gasteiger partial charge in [0.05, 0.1) is 0 Å². The van der Waals surface area contributed by atoms with Crippen LogP contribution in [-0.2, 0) is 14.3 Å². The van der Waals surface area contributed by atoms with Crippen molar-refractivity contribution < 1.29 is 32.2 Å². The Balaban J connectivity index is 2.48. The maximum atomic E-state index is 11.9. The number of carbonyl (C=O) groups excluding carboxylic acids is 2. The summed E-state index contributed by atoms with van der Waals surface area (Å²) >= 11 is 5.72. The Hall–Kier alpha value is -1.96. The van der Waals surface area contributed by atoms with Gasteiger partial charge in [-0.15, -0.1) is 0 Å². The van der Waals surface area contributed by atoms with Gasteiger partial charge in [0.2, 0.25) is 0 Å². The van der Waals surface area contributed by atoms with E-state index in [1.54, 1.807) is 17.4 Å². The van der Waals surface area contributed by atoms with Crippen LogP contribution in [0.2, 0.25) is 5.02 Å². The molecule has 9 heteroatoms. The van der Waals surface area contributed by atoms with Crippen molar-refractivity contribution in [1.82, 2.24) is 5.32 Å². The molecule has 0 aliphatic carbocycles. The van der Waals surface area contributed by atoms with Gasteiger partial charge in [-0.25, -0.2) is 4.79 Å². The van der Waals surface area contributed by atoms with Gasteiger partial charge in [0.25, 0.3) is 5.91 Å². The molecule has 0 radical (unpaired) electrons. The lowest BCUT2D eigenvalue weighted by Gasteiger charge is -2.24. The molecule has 128 valence electrons. The molecule has 0 fully saturated rings. The number of hydrogen-bond acceptors (Lipinski definition) is 4. The van der Waals surface area contributed by atoms with Crippen molar-refractivity contribution in [3.63, 3.8) is 0 Å². The van der Waals surface area contributed by atoms with Gasteiger partial charge < -0.3 is 14.8 Å². The Labute approximate surface area is 135 Å². The first-order valence-electron chi connectivity index (χ1n) is 6.45. The summed E-state index contributed by atoms with van der Waals surface area (Å²) in [7, 11) is 0. The Bertz CT molecular complexity index is 558. The van der Waals surface area contributed by atoms with Crippen molar-refractivity contribution in [1.29, 1.82) is 0 Å². The molecule has 0 heterocycles. The van der Waals surface area contributed by atoms with Crippen LogP contribution in [0.3, 0.4) is 0 Å². The van der Waals surface area contributed by atoms with Gasteiger partial charge in [-0.3, -0.25) is 4.79 Å². The first kappa shape index (κ1) is 19.1. The molecule has 0 saturated carbocycles. The maximum absolute atomic E-state index is 11.9. The van der Waals surface area contributed by atoms with E-state index in [4.69, 9.17) is 16.3 Å². The number of rotatable bonds is 6. The highest BCUT2D eigenvalue weighted by atomic mass is 35.5. The van der Waals surface area contributed by atoms with Crippen molar-refractivity contribution in [2.24, 2.45) is 0 Å². The van der Waals surface area contributed by atoms with Gasteiger partial charge in [-0.05, 0) is 38.1 Å². The molecule has 0 atom stereocenters. The van der Waals surface area contributed by atoms with Gasteiger partial charge in [0.15, 0.2) is 12.2 Å². The summed E-state index contributed by atoms with van der Waals surface area (Å²) in [5, 5.41) is 2.07. The Morgan fingerprint density at radius 2 is 1.74 bits per heavy atom. The van der Waals surface area contributed by atoms with Crippen LogP contribution in [0.25, 0.3) is 0 Å². The minimum atomic E-state index is -4.53. The molecular formula is C14H15ClF3NO4. The molecule has 0 spiro atoms. The van der Waals surface area contributed by atoms with Crippen LogP contribution in [0.1, 0.15) is 13.8 Å². The zero-order valence-corrected chi connectivity index (χ0v) is 13.1. The van der Waals surface area contributed by atoms with Crippen LogP contribution in [0, 0.1) is 0 Å². The highest BCUT2D eigenvalue weighted by molar-refractivity contribution is 6.30. The van der Waals surface area contributed by atoms with Gasteiger partial charge in [0, 0.05) is 5.02 Å². The lowest BCUT2D eigenvalue weighted by Crippen LogP contribution is -2.42. The van der Waals surface area contributed by atoms with E-state index in [1.807, 2.05) is 0 Å². The molecular weight excluding hydrogens is 339 g/mol. The lowest BCUT2D eigenvalue weighted by atomic mass is 10.1. The second-order valence-electron chi connectivity index (χ2n) is 5.03. The average Bonchev–Trinajstić information content (AvgIpc) is 2.44. The molecule has 1 aromatic carbocycles. The normalized spacial score (nSPS) is 11.7. The zero-order chi connectivity index (χ0) is 17.7. The van der Waals surface area contributed by atoms with Crippen molar-refractivity contribution in [2.45, 2.75) is 25.6 Å². The van der Waals surface area contributed by atoms with Crippen LogP contribution >= 0.6 is 11.6 Å². The third kappa shape index (κ3) is 7.23. The van der Waals surface area contributed by atoms with E-state index in [-0.39, 0.29) is 0 Å². The number of esters is 1. The van der Waals surface area contributed by atoms with Crippen molar-refractivity contribution in [2.75, 3.05) is 13.2 Å². The van der Waals surface area contributed by atoms with Gasteiger partial charge in [-0.2, -0.15) is 13.2 Å². The van der Waals surface area contributed by atoms with Crippen LogP contribution in [-0.4, -0.2) is 36.8 Å². The number of nitrogens with one attached hydrogen (secondary N) is 1. The second-order valence-corrected chi connectivity index (χ2v) is 5.47. The SMILES string of the molecule is CC(C)(Oc1ccc(Cl)cc1)C(=O)OCC(=O)NCC(F)(F)F. The zero-order valence-electron chi connectivity index (χ0n) is 12.4. The predicted molar refractivity (Wildman–Crippen MR) is 76.2 cm³/mol. The van der Waals surface area contributed by atoms with Crippen molar-refractivity contribution >= 4 is 23.5 Å². The molecule has 23 heavy (non-hydrogen) atoms. The number of carbonyl (C=O) groups is 2. The van der Waals surface area contributed by atoms with E-state index in [1.165, 1.54) is 26.0 Å². The number of benzene rings is 1. The topological polar surface area (TPSA) is 64.6 Å². The van der Waals surface area contributed by atoms with E-state index in [0.717, 1.165) is 0 Å². The maximum Gasteiger partial charge on any atom is 0.405 e. The van der Waals surface area contributed by atoms with E-state index >= 15 is 0 Å². The van der Waals surface area contributed by atoms with E-state index in [2.05, 4.69) is 4.74 Å². The monoisotopic (exact) mass is 353 g/mol. The number of halogens is 4. The summed E-state index contributed by atoms with van der Waals surface area (Å²) in [5.74, 6) is -1.61. The van der Waals surface area contributed by atoms with Gasteiger partial charge in [0.1, 0.15) is 12.3 Å². The molecule has 5 nitrogen and oxygen atoms in total. The summed E-state index contributed by atoms with van der Waals surface area (Å²) in [6.45, 7) is 0.478. The Morgan fingerprint density at radius 1 is 1.17 bits per heavy atom. The molecule has 0 bridgehead atoms. The molecule has 0 aliphatic rings. The fourth-order valence-electron chi connectivity index (χ4n) is 1.39. The smallest absolute Gasteiger partial charge is 0.405 e. The van der Waals surface area contributed by atoms with Crippen LogP contribution in [0.5, 0.6) is 5.75 Å². The number of hydrogen-bond donors (Lipinski definition) is 1. The first-order chi connectivity index (χ1) is 10.5. The summed E-state index contributed by atoms with van der Waals surface area (Å²) in [6.07, 6.45) is -4.53. The van der Waals surface area contributed by atoms with Gasteiger partial charge >= 0.3 is 12.1 Å². The first-order valence-corrected chi connectivity index (χ1v) is 6.83. The standard InChI is InChI=1S/C14H15ClF3NO4/c1-13(2,23-10-5-3-9(15)4-6-10)12(21)22-7-11(20)19-8-14(16,17)18/h3-6H,7-8H2,1-2H3,(H,19,20). The Kier molecular flexibility index (Phi) is 6.26. The number of alkyl halides is 3. The molecule has 1 N–H and O–H groups in total. The Morgan fingerprint density at radius 3 is 2.26 bits per heavy atom. The van der Waals surface area contributed by atoms with Gasteiger partial charge in [-0.1, -0.05) is 11.6 Å². The number of amides is 1. The second kappa shape index (κ2) is 7.54. The lowest BCUT2D eigenvalue weighted by molar-refractivity contribution is -0.163. The minimum Gasteiger partial charge on any atom is -0.476 e. The molecule has 0 aliphatic heterocycles. The van der Waals surface area contributed by atoms with Crippen LogP contribution in [0.15, 0.2) is 24.3 Å². The van der Waals surface area contributed by atoms with E-state index in [0.29, 0.717) is 10.8 Å². The van der Waals surface area contributed by atoms with E-state index in [9.17, 15) is 22.8 Å². The summed E-state index contributed by atoms with van der Waals surface area (Å²) < 4.78 is 45.8. The quantitative estimate of drug-likeness (QED) is 0.799. The fraction of sp³-hybridized carbons (Fsp3) is 0.429. The third-order valence-electron chi connectivity index (χ3n) is 2.50. The largest absolute Gasteiger partial charge is 0.476 e. The highest BCUT2D eigenvalue weighted by Gasteiger charge is 2.33. The summed E-state index contributed by atoms with van der Waals surface area (Å²) in [4.78, 5) is 23.0. The molecule has 0 aromatic heterocycles. The highest BCUT2D eigenvalue weighted by Crippen LogP contribution is 2.21. The summed E-state index contributed by atoms with van der Waals surface area (Å²) in [5.41, 5.74) is -1.43. The third-order valence-corrected chi connectivity index (χ3v) is 2.75. The van der Waals surface area contributed by atoms with Crippen molar-refractivity contribution in [3.8, 4) is 5.75 Å². The fourth-order valence-corrected chi connectivity index (χ4v) is 1.52. The average molecular weight is 354 g/mol. The molecule has 1 amide bonds. The molecule has 0 unspecified atom stereocenters. The molecule has 1 aromatic rings. The number of ether oxygens (including phenoxy) is 2. The minimum absolute atomic E-state index is 0.345. The predicted octanol–water partition coefficient (Wildman–Crippen LogP) is 2.72. The van der Waals surface area contributed by atoms with Crippen LogP contribution in [0.4, 0.5) is 13.2 Å². The molecule has 0 saturated heterocycles. The van der Waals surface area contributed by atoms with Crippen molar-refractivity contribution in [3.05, 3.63) is 29.3 Å². The van der Waals surface area contributed by atoms with Crippen LogP contribution < -0.4 is 10.1 Å². The van der Waals surface area contributed by atoms with E-state index < -0.39 is 36.8 Å².